The molecule has 2 aliphatic rings. The Hall–Kier alpha value is -4.99. The number of nitrogens with zero attached hydrogens (tertiary/aromatic N) is 6. The number of piperidine rings is 1. The maximum absolute atomic E-state index is 13.1. The minimum atomic E-state index is -4.56. The van der Waals surface area contributed by atoms with Crippen molar-refractivity contribution in [3.63, 3.8) is 0 Å². The van der Waals surface area contributed by atoms with Gasteiger partial charge in [0.25, 0.3) is 5.91 Å². The molecule has 13 heteroatoms. The molecule has 2 fully saturated rings. The van der Waals surface area contributed by atoms with Gasteiger partial charge in [-0.1, -0.05) is 12.1 Å². The molecule has 2 amide bonds. The summed E-state index contributed by atoms with van der Waals surface area (Å²) >= 11 is 0. The highest BCUT2D eigenvalue weighted by atomic mass is 19.4. The number of anilines is 2. The lowest BCUT2D eigenvalue weighted by Crippen LogP contribution is -2.43. The second-order valence-corrected chi connectivity index (χ2v) is 10.6. The van der Waals surface area contributed by atoms with Crippen LogP contribution in [0.3, 0.4) is 0 Å². The van der Waals surface area contributed by atoms with Crippen LogP contribution in [0.25, 0.3) is 16.8 Å². The quantitative estimate of drug-likeness (QED) is 0.353. The van der Waals surface area contributed by atoms with E-state index in [0.717, 1.165) is 31.2 Å². The standard InChI is InChI=1S/C29H25F3N8O2/c30-29(31,32)20-7-10-35-21(14-20)37-26(41)18-5-3-17(4-6-18)22-23-24(34)36-11-13-40(23)25(38-22)19-2-1-12-39(15-19)27(42)28(16-33)8-9-28/h3-7,10-11,13-14,19H,1-2,8-9,12,15H2,(H2,34,36)(H,35,37,41)/t19-/m1/s1. The van der Waals surface area contributed by atoms with E-state index in [2.05, 4.69) is 21.4 Å². The first kappa shape index (κ1) is 27.2. The number of nitrogen functional groups attached to an aromatic ring is 1. The predicted molar refractivity (Wildman–Crippen MR) is 146 cm³/mol. The predicted octanol–water partition coefficient (Wildman–Crippen LogP) is 4.65. The van der Waals surface area contributed by atoms with E-state index in [1.807, 2.05) is 4.40 Å². The van der Waals surface area contributed by atoms with Gasteiger partial charge in [-0.25, -0.2) is 15.0 Å². The number of nitrogens with one attached hydrogen (secondary N) is 1. The van der Waals surface area contributed by atoms with Gasteiger partial charge < -0.3 is 16.0 Å². The normalized spacial score (nSPS) is 18.0. The Morgan fingerprint density at radius 3 is 2.57 bits per heavy atom. The van der Waals surface area contributed by atoms with Crippen LogP contribution in [0.5, 0.6) is 0 Å². The van der Waals surface area contributed by atoms with Gasteiger partial charge >= 0.3 is 6.18 Å². The third-order valence-corrected chi connectivity index (χ3v) is 7.81. The lowest BCUT2D eigenvalue weighted by atomic mass is 9.95. The summed E-state index contributed by atoms with van der Waals surface area (Å²) in [6.45, 7) is 1.03. The first-order valence-electron chi connectivity index (χ1n) is 13.4. The summed E-state index contributed by atoms with van der Waals surface area (Å²) in [4.78, 5) is 40.5. The average molecular weight is 575 g/mol. The number of alkyl halides is 3. The molecule has 10 nitrogen and oxygen atoms in total. The second-order valence-electron chi connectivity index (χ2n) is 10.6. The summed E-state index contributed by atoms with van der Waals surface area (Å²) in [6, 6.07) is 10.2. The van der Waals surface area contributed by atoms with E-state index in [1.165, 1.54) is 12.1 Å². The smallest absolute Gasteiger partial charge is 0.382 e. The van der Waals surface area contributed by atoms with Crippen LogP contribution >= 0.6 is 0 Å². The summed E-state index contributed by atoms with van der Waals surface area (Å²) in [5, 5.41) is 11.9. The number of hydrogen-bond donors (Lipinski definition) is 2. The molecule has 214 valence electrons. The van der Waals surface area contributed by atoms with Crippen LogP contribution in [0.2, 0.25) is 0 Å². The first-order chi connectivity index (χ1) is 20.1. The Morgan fingerprint density at radius 1 is 1.12 bits per heavy atom. The van der Waals surface area contributed by atoms with Crippen molar-refractivity contribution < 1.29 is 22.8 Å². The molecule has 6 rings (SSSR count). The second kappa shape index (κ2) is 10.1. The summed E-state index contributed by atoms with van der Waals surface area (Å²) in [7, 11) is 0. The molecule has 42 heavy (non-hydrogen) atoms. The van der Waals surface area contributed by atoms with Crippen LogP contribution in [-0.2, 0) is 11.0 Å². The molecule has 1 saturated carbocycles. The fourth-order valence-corrected chi connectivity index (χ4v) is 5.39. The van der Waals surface area contributed by atoms with Crippen LogP contribution in [0, 0.1) is 16.7 Å². The van der Waals surface area contributed by atoms with Crippen molar-refractivity contribution in [2.45, 2.75) is 37.8 Å². The number of amides is 2. The summed E-state index contributed by atoms with van der Waals surface area (Å²) < 4.78 is 40.9. The van der Waals surface area contributed by atoms with E-state index in [1.54, 1.807) is 29.4 Å². The Balaban J connectivity index is 1.27. The Kier molecular flexibility index (Phi) is 6.56. The van der Waals surface area contributed by atoms with Gasteiger partial charge in [0.1, 0.15) is 34.1 Å². The number of pyridine rings is 1. The van der Waals surface area contributed by atoms with Gasteiger partial charge in [-0.2, -0.15) is 18.4 Å². The largest absolute Gasteiger partial charge is 0.416 e. The molecule has 0 unspecified atom stereocenters. The summed E-state index contributed by atoms with van der Waals surface area (Å²) in [5.74, 6) is -0.0799. The molecule has 3 N–H and O–H groups in total. The molecule has 1 atom stereocenters. The lowest BCUT2D eigenvalue weighted by Gasteiger charge is -2.33. The van der Waals surface area contributed by atoms with Crippen LogP contribution in [0.1, 0.15) is 53.3 Å². The molecule has 4 heterocycles. The average Bonchev–Trinajstić information content (AvgIpc) is 3.69. The SMILES string of the molecule is N#CC1(C(=O)N2CCC[C@@H](c3nc(-c4ccc(C(=O)Nc5cc(C(F)(F)F)ccn5)cc4)c4c(N)nccn34)C2)CC1. The van der Waals surface area contributed by atoms with E-state index < -0.39 is 23.1 Å². The number of nitrogens with two attached hydrogens (primary N) is 1. The van der Waals surface area contributed by atoms with Gasteiger partial charge in [0.2, 0.25) is 5.91 Å². The Bertz CT molecular complexity index is 1740. The summed E-state index contributed by atoms with van der Waals surface area (Å²) in [5.41, 5.74) is 6.46. The number of carbonyl (C=O) groups excluding carboxylic acids is 2. The van der Waals surface area contributed by atoms with E-state index >= 15 is 0 Å². The molecule has 1 saturated heterocycles. The number of nitriles is 1. The van der Waals surface area contributed by atoms with Crippen molar-refractivity contribution >= 4 is 29.0 Å². The highest BCUT2D eigenvalue weighted by molar-refractivity contribution is 6.04. The monoisotopic (exact) mass is 574 g/mol. The van der Waals surface area contributed by atoms with Gasteiger partial charge in [0.15, 0.2) is 0 Å². The number of fused-ring (bicyclic) bond motifs is 1. The van der Waals surface area contributed by atoms with Crippen molar-refractivity contribution in [3.8, 4) is 17.3 Å². The molecule has 0 spiro atoms. The minimum absolute atomic E-state index is 0.0924. The number of aromatic nitrogens is 4. The van der Waals surface area contributed by atoms with E-state index in [4.69, 9.17) is 10.7 Å². The zero-order valence-corrected chi connectivity index (χ0v) is 22.2. The van der Waals surface area contributed by atoms with Gasteiger partial charge in [0.05, 0.1) is 11.6 Å². The minimum Gasteiger partial charge on any atom is -0.382 e. The first-order valence-corrected chi connectivity index (χ1v) is 13.4. The third kappa shape index (κ3) is 4.89. The number of halogens is 3. The lowest BCUT2D eigenvalue weighted by molar-refractivity contribution is -0.138. The molecule has 0 radical (unpaired) electrons. The van der Waals surface area contributed by atoms with Crippen LogP contribution in [0.4, 0.5) is 24.8 Å². The topological polar surface area (TPSA) is 142 Å². The maximum Gasteiger partial charge on any atom is 0.416 e. The summed E-state index contributed by atoms with van der Waals surface area (Å²) in [6.07, 6.45) is 2.51. The zero-order chi connectivity index (χ0) is 29.6. The van der Waals surface area contributed by atoms with Gasteiger partial charge in [0, 0.05) is 48.7 Å². The molecular weight excluding hydrogens is 549 g/mol. The van der Waals surface area contributed by atoms with Crippen LogP contribution in [0.15, 0.2) is 55.0 Å². The number of hydrogen-bond acceptors (Lipinski definition) is 7. The van der Waals surface area contributed by atoms with Gasteiger partial charge in [-0.3, -0.25) is 14.0 Å². The Labute approximate surface area is 238 Å². The molecule has 0 bridgehead atoms. The number of likely N-dealkylation sites (tertiary alicyclic amines) is 1. The van der Waals surface area contributed by atoms with Crippen LogP contribution < -0.4 is 11.1 Å². The molecule has 1 aliphatic heterocycles. The number of imidazole rings is 1. The van der Waals surface area contributed by atoms with E-state index in [9.17, 15) is 28.0 Å². The van der Waals surface area contributed by atoms with Crippen molar-refractivity contribution in [2.75, 3.05) is 24.1 Å². The number of rotatable bonds is 5. The van der Waals surface area contributed by atoms with Crippen molar-refractivity contribution in [3.05, 3.63) is 71.9 Å². The van der Waals surface area contributed by atoms with Crippen LogP contribution in [-0.4, -0.2) is 49.2 Å². The van der Waals surface area contributed by atoms with Crippen molar-refractivity contribution in [1.82, 2.24) is 24.3 Å². The molecule has 4 aromatic rings. The van der Waals surface area contributed by atoms with Crippen molar-refractivity contribution in [2.24, 2.45) is 5.41 Å². The van der Waals surface area contributed by atoms with E-state index in [0.29, 0.717) is 48.5 Å². The fraction of sp³-hybridized carbons (Fsp3) is 0.310. The third-order valence-electron chi connectivity index (χ3n) is 7.81. The number of carbonyl (C=O) groups is 2. The Morgan fingerprint density at radius 2 is 1.88 bits per heavy atom. The highest BCUT2D eigenvalue weighted by Gasteiger charge is 2.53. The highest BCUT2D eigenvalue weighted by Crippen LogP contribution is 2.47. The maximum atomic E-state index is 13.1. The van der Waals surface area contributed by atoms with Gasteiger partial charge in [-0.05, 0) is 49.9 Å². The van der Waals surface area contributed by atoms with Crippen molar-refractivity contribution in [1.29, 1.82) is 5.26 Å². The van der Waals surface area contributed by atoms with Gasteiger partial charge in [-0.15, -0.1) is 0 Å². The molecule has 1 aromatic carbocycles. The fourth-order valence-electron chi connectivity index (χ4n) is 5.39. The molecular formula is C29H25F3N8O2. The number of benzene rings is 1. The molecule has 1 aliphatic carbocycles. The molecule has 3 aromatic heterocycles. The zero-order valence-electron chi connectivity index (χ0n) is 22.2. The van der Waals surface area contributed by atoms with E-state index in [-0.39, 0.29) is 29.0 Å².